The average Bonchev–Trinajstić information content (AvgIpc) is 2.80. The molecule has 0 bridgehead atoms. The first-order chi connectivity index (χ1) is 11.2. The van der Waals surface area contributed by atoms with Gasteiger partial charge < -0.3 is 5.11 Å². The summed E-state index contributed by atoms with van der Waals surface area (Å²) in [6, 6.07) is 16.6. The van der Waals surface area contributed by atoms with Crippen LogP contribution in [-0.2, 0) is 15.0 Å². The highest BCUT2D eigenvalue weighted by atomic mass is 32.2. The van der Waals surface area contributed by atoms with Crippen LogP contribution < -0.4 is 0 Å². The highest BCUT2D eigenvalue weighted by molar-refractivity contribution is 8.01. The zero-order valence-corrected chi connectivity index (χ0v) is 15.3. The Morgan fingerprint density at radius 3 is 2.38 bits per heavy atom. The molecule has 3 heteroatoms. The summed E-state index contributed by atoms with van der Waals surface area (Å²) in [4.78, 5) is 12.6. The van der Waals surface area contributed by atoms with E-state index in [4.69, 9.17) is 0 Å². The average molecular weight is 338 g/mol. The van der Waals surface area contributed by atoms with E-state index >= 15 is 0 Å². The summed E-state index contributed by atoms with van der Waals surface area (Å²) in [6.45, 7) is 8.63. The molecule has 1 aliphatic rings. The van der Waals surface area contributed by atoms with Crippen molar-refractivity contribution in [3.8, 4) is 0 Å². The molecule has 0 spiro atoms. The molecule has 124 valence electrons. The minimum atomic E-state index is -0.901. The van der Waals surface area contributed by atoms with E-state index in [0.717, 1.165) is 21.6 Å². The lowest BCUT2D eigenvalue weighted by atomic mass is 9.82. The smallest absolute Gasteiger partial charge is 0.328 e. The molecule has 0 saturated carbocycles. The largest absolute Gasteiger partial charge is 0.478 e. The zero-order chi connectivity index (χ0) is 17.5. The maximum absolute atomic E-state index is 11.5. The predicted octanol–water partition coefficient (Wildman–Crippen LogP) is 5.47. The topological polar surface area (TPSA) is 37.3 Å². The maximum Gasteiger partial charge on any atom is 0.328 e. The molecule has 1 heterocycles. The van der Waals surface area contributed by atoms with Crippen LogP contribution >= 0.6 is 11.8 Å². The summed E-state index contributed by atoms with van der Waals surface area (Å²) in [5, 5.41) is 9.42. The van der Waals surface area contributed by atoms with Crippen molar-refractivity contribution in [1.29, 1.82) is 0 Å². The number of carboxylic acids is 1. The standard InChI is InChI=1S/C21H22O2S/c1-20(2,3)15-10-11-18-16(12-15)17(13-19(22)23)21(4,24-18)14-8-6-5-7-9-14/h5-13H,1-4H3,(H,22,23). The van der Waals surface area contributed by atoms with Gasteiger partial charge in [0.15, 0.2) is 0 Å². The first kappa shape index (κ1) is 16.8. The van der Waals surface area contributed by atoms with Crippen molar-refractivity contribution in [2.75, 3.05) is 0 Å². The van der Waals surface area contributed by atoms with Crippen LogP contribution in [0.25, 0.3) is 5.57 Å². The lowest BCUT2D eigenvalue weighted by molar-refractivity contribution is -0.131. The predicted molar refractivity (Wildman–Crippen MR) is 100 cm³/mol. The Morgan fingerprint density at radius 2 is 1.79 bits per heavy atom. The van der Waals surface area contributed by atoms with Crippen LogP contribution in [0.15, 0.2) is 59.5 Å². The molecular weight excluding hydrogens is 316 g/mol. The van der Waals surface area contributed by atoms with Crippen molar-refractivity contribution in [2.45, 2.75) is 42.8 Å². The normalized spacial score (nSPS) is 21.8. The van der Waals surface area contributed by atoms with Crippen LogP contribution in [0.5, 0.6) is 0 Å². The molecule has 1 aliphatic heterocycles. The van der Waals surface area contributed by atoms with Gasteiger partial charge in [-0.2, -0.15) is 0 Å². The Morgan fingerprint density at radius 1 is 1.12 bits per heavy atom. The molecule has 2 aromatic carbocycles. The van der Waals surface area contributed by atoms with Crippen LogP contribution in [-0.4, -0.2) is 11.1 Å². The second-order valence-electron chi connectivity index (χ2n) is 7.36. The first-order valence-electron chi connectivity index (χ1n) is 8.06. The van der Waals surface area contributed by atoms with Gasteiger partial charge in [0.05, 0.1) is 4.75 Å². The third kappa shape index (κ3) is 2.89. The maximum atomic E-state index is 11.5. The fraction of sp³-hybridized carbons (Fsp3) is 0.286. The van der Waals surface area contributed by atoms with Crippen molar-refractivity contribution in [3.05, 3.63) is 71.3 Å². The van der Waals surface area contributed by atoms with Crippen molar-refractivity contribution in [1.82, 2.24) is 0 Å². The van der Waals surface area contributed by atoms with E-state index < -0.39 is 10.7 Å². The van der Waals surface area contributed by atoms with Crippen LogP contribution in [0.4, 0.5) is 0 Å². The van der Waals surface area contributed by atoms with Crippen molar-refractivity contribution >= 4 is 23.3 Å². The number of aliphatic carboxylic acids is 1. The molecule has 24 heavy (non-hydrogen) atoms. The summed E-state index contributed by atoms with van der Waals surface area (Å²) in [5.74, 6) is -0.901. The fourth-order valence-corrected chi connectivity index (χ4v) is 4.52. The van der Waals surface area contributed by atoms with Gasteiger partial charge in [-0.1, -0.05) is 57.2 Å². The third-order valence-corrected chi connectivity index (χ3v) is 6.00. The summed E-state index contributed by atoms with van der Waals surface area (Å²) < 4.78 is -0.390. The quantitative estimate of drug-likeness (QED) is 0.737. The molecule has 0 fully saturated rings. The number of hydrogen-bond acceptors (Lipinski definition) is 2. The number of rotatable bonds is 2. The molecule has 0 amide bonds. The van der Waals surface area contributed by atoms with Crippen molar-refractivity contribution in [3.63, 3.8) is 0 Å². The Labute approximate surface area is 147 Å². The van der Waals surface area contributed by atoms with Crippen molar-refractivity contribution in [2.24, 2.45) is 0 Å². The number of carboxylic acid groups (broad SMARTS) is 1. The fourth-order valence-electron chi connectivity index (χ4n) is 3.14. The summed E-state index contributed by atoms with van der Waals surface area (Å²) >= 11 is 1.73. The Kier molecular flexibility index (Phi) is 4.08. The van der Waals surface area contributed by atoms with E-state index in [1.807, 2.05) is 18.2 Å². The molecule has 0 aromatic heterocycles. The highest BCUT2D eigenvalue weighted by Gasteiger charge is 2.41. The first-order valence-corrected chi connectivity index (χ1v) is 8.88. The van der Waals surface area contributed by atoms with E-state index in [0.29, 0.717) is 0 Å². The zero-order valence-electron chi connectivity index (χ0n) is 14.5. The van der Waals surface area contributed by atoms with Gasteiger partial charge in [-0.25, -0.2) is 4.79 Å². The summed E-state index contributed by atoms with van der Waals surface area (Å²) in [7, 11) is 0. The van der Waals surface area contributed by atoms with E-state index in [2.05, 4.69) is 58.0 Å². The van der Waals surface area contributed by atoms with E-state index in [1.165, 1.54) is 11.6 Å². The van der Waals surface area contributed by atoms with Crippen LogP contribution in [0.2, 0.25) is 0 Å². The second-order valence-corrected chi connectivity index (χ2v) is 8.82. The molecule has 2 aromatic rings. The monoisotopic (exact) mass is 338 g/mol. The Hall–Kier alpha value is -2.00. The SMILES string of the molecule is CC(C)(C)c1ccc2c(c1)C(=CC(=O)O)C(C)(c1ccccc1)S2. The molecule has 1 unspecified atom stereocenters. The van der Waals surface area contributed by atoms with Gasteiger partial charge in [0.1, 0.15) is 0 Å². The van der Waals surface area contributed by atoms with Crippen LogP contribution in [0.1, 0.15) is 44.4 Å². The molecule has 2 nitrogen and oxygen atoms in total. The second kappa shape index (κ2) is 5.82. The Balaban J connectivity index is 2.20. The minimum absolute atomic E-state index is 0.0275. The van der Waals surface area contributed by atoms with Crippen molar-refractivity contribution < 1.29 is 9.90 Å². The lowest BCUT2D eigenvalue weighted by Gasteiger charge is -2.26. The summed E-state index contributed by atoms with van der Waals surface area (Å²) in [6.07, 6.45) is 1.37. The summed E-state index contributed by atoms with van der Waals surface area (Å²) in [5.41, 5.74) is 4.28. The number of carbonyl (C=O) groups is 1. The van der Waals surface area contributed by atoms with Gasteiger partial charge >= 0.3 is 5.97 Å². The Bertz CT molecular complexity index is 815. The van der Waals surface area contributed by atoms with Gasteiger partial charge in [-0.15, -0.1) is 11.8 Å². The molecule has 1 atom stereocenters. The molecule has 0 aliphatic carbocycles. The van der Waals surface area contributed by atoms with Crippen LogP contribution in [0, 0.1) is 0 Å². The highest BCUT2D eigenvalue weighted by Crippen LogP contribution is 2.58. The molecule has 0 radical (unpaired) electrons. The molecule has 0 saturated heterocycles. The molecule has 1 N–H and O–H groups in total. The van der Waals surface area contributed by atoms with Gasteiger partial charge in [0, 0.05) is 11.0 Å². The molecular formula is C21H22O2S. The van der Waals surface area contributed by atoms with E-state index in [9.17, 15) is 9.90 Å². The lowest BCUT2D eigenvalue weighted by Crippen LogP contribution is -2.16. The van der Waals surface area contributed by atoms with Crippen LogP contribution in [0.3, 0.4) is 0 Å². The van der Waals surface area contributed by atoms with Gasteiger partial charge in [0.2, 0.25) is 0 Å². The molecule has 3 rings (SSSR count). The number of thioether (sulfide) groups is 1. The number of fused-ring (bicyclic) bond motifs is 1. The number of benzene rings is 2. The van der Waals surface area contributed by atoms with E-state index in [-0.39, 0.29) is 5.41 Å². The third-order valence-electron chi connectivity index (χ3n) is 4.56. The number of hydrogen-bond donors (Lipinski definition) is 1. The van der Waals surface area contributed by atoms with Gasteiger partial charge in [-0.3, -0.25) is 0 Å². The van der Waals surface area contributed by atoms with Gasteiger partial charge in [0.25, 0.3) is 0 Å². The minimum Gasteiger partial charge on any atom is -0.478 e. The van der Waals surface area contributed by atoms with E-state index in [1.54, 1.807) is 11.8 Å². The van der Waals surface area contributed by atoms with Gasteiger partial charge in [-0.05, 0) is 46.7 Å².